The Bertz CT molecular complexity index is 440. The van der Waals surface area contributed by atoms with Crippen LogP contribution < -0.4 is 5.73 Å². The van der Waals surface area contributed by atoms with E-state index < -0.39 is 0 Å². The molecule has 0 spiro atoms. The summed E-state index contributed by atoms with van der Waals surface area (Å²) in [7, 11) is 0. The highest BCUT2D eigenvalue weighted by Crippen LogP contribution is 2.21. The molecule has 2 heterocycles. The van der Waals surface area contributed by atoms with Gasteiger partial charge in [-0.15, -0.1) is 0 Å². The van der Waals surface area contributed by atoms with Crippen molar-refractivity contribution < 1.29 is 0 Å². The summed E-state index contributed by atoms with van der Waals surface area (Å²) in [5, 5.41) is 11.0. The van der Waals surface area contributed by atoms with Crippen molar-refractivity contribution >= 4 is 5.69 Å². The van der Waals surface area contributed by atoms with E-state index >= 15 is 0 Å². The summed E-state index contributed by atoms with van der Waals surface area (Å²) in [6, 6.07) is 0. The molecule has 0 amide bonds. The van der Waals surface area contributed by atoms with Crippen molar-refractivity contribution in [3.63, 3.8) is 0 Å². The zero-order valence-electron chi connectivity index (χ0n) is 8.94. The van der Waals surface area contributed by atoms with E-state index in [-0.39, 0.29) is 0 Å². The fraction of sp³-hybridized carbons (Fsp3) is 0.400. The zero-order valence-corrected chi connectivity index (χ0v) is 8.94. The van der Waals surface area contributed by atoms with Gasteiger partial charge < -0.3 is 5.73 Å². The van der Waals surface area contributed by atoms with Crippen LogP contribution in [0.1, 0.15) is 13.8 Å². The van der Waals surface area contributed by atoms with Crippen molar-refractivity contribution in [2.75, 3.05) is 5.73 Å². The summed E-state index contributed by atoms with van der Waals surface area (Å²) >= 11 is 0. The molecule has 5 heteroatoms. The van der Waals surface area contributed by atoms with E-state index in [2.05, 4.69) is 29.1 Å². The first-order chi connectivity index (χ1) is 7.16. The molecule has 0 unspecified atom stereocenters. The molecule has 5 nitrogen and oxygen atoms in total. The molecule has 3 N–H and O–H groups in total. The van der Waals surface area contributed by atoms with Gasteiger partial charge in [-0.25, -0.2) is 0 Å². The van der Waals surface area contributed by atoms with Crippen LogP contribution >= 0.6 is 0 Å². The van der Waals surface area contributed by atoms with E-state index in [1.165, 1.54) is 0 Å². The Kier molecular flexibility index (Phi) is 2.45. The Morgan fingerprint density at radius 1 is 1.47 bits per heavy atom. The van der Waals surface area contributed by atoms with E-state index in [1.54, 1.807) is 12.4 Å². The number of anilines is 1. The maximum absolute atomic E-state index is 5.75. The second-order valence-corrected chi connectivity index (χ2v) is 4.05. The van der Waals surface area contributed by atoms with Gasteiger partial charge in [-0.05, 0) is 5.92 Å². The van der Waals surface area contributed by atoms with Crippen molar-refractivity contribution in [2.45, 2.75) is 20.4 Å². The second kappa shape index (κ2) is 3.76. The summed E-state index contributed by atoms with van der Waals surface area (Å²) in [6.07, 6.45) is 5.38. The van der Waals surface area contributed by atoms with Gasteiger partial charge in [0, 0.05) is 18.3 Å². The molecule has 2 aromatic rings. The number of hydrogen-bond donors (Lipinski definition) is 2. The van der Waals surface area contributed by atoms with E-state index in [4.69, 9.17) is 5.73 Å². The van der Waals surface area contributed by atoms with Gasteiger partial charge in [0.2, 0.25) is 0 Å². The van der Waals surface area contributed by atoms with Gasteiger partial charge in [-0.1, -0.05) is 13.8 Å². The summed E-state index contributed by atoms with van der Waals surface area (Å²) in [4.78, 5) is 0. The lowest BCUT2D eigenvalue weighted by Gasteiger charge is -2.03. The molecule has 0 radical (unpaired) electrons. The van der Waals surface area contributed by atoms with E-state index in [1.807, 2.05) is 10.9 Å². The van der Waals surface area contributed by atoms with Crippen LogP contribution in [0, 0.1) is 5.92 Å². The summed E-state index contributed by atoms with van der Waals surface area (Å²) in [5.74, 6) is 0.580. The minimum absolute atomic E-state index is 0.580. The second-order valence-electron chi connectivity index (χ2n) is 4.05. The highest BCUT2D eigenvalue weighted by atomic mass is 15.3. The smallest absolute Gasteiger partial charge is 0.0911 e. The minimum atomic E-state index is 0.580. The first-order valence-electron chi connectivity index (χ1n) is 4.98. The lowest BCUT2D eigenvalue weighted by molar-refractivity contribution is 0.483. The number of hydrogen-bond acceptors (Lipinski definition) is 3. The normalized spacial score (nSPS) is 11.1. The molecule has 0 saturated carbocycles. The fourth-order valence-corrected chi connectivity index (χ4v) is 1.49. The summed E-state index contributed by atoms with van der Waals surface area (Å²) in [6.45, 7) is 5.23. The van der Waals surface area contributed by atoms with Gasteiger partial charge in [0.15, 0.2) is 0 Å². The molecule has 0 saturated heterocycles. The van der Waals surface area contributed by atoms with Crippen LogP contribution in [0.3, 0.4) is 0 Å². The maximum Gasteiger partial charge on any atom is 0.0911 e. The van der Waals surface area contributed by atoms with Gasteiger partial charge >= 0.3 is 0 Å². The van der Waals surface area contributed by atoms with Crippen LogP contribution in [0.15, 0.2) is 18.6 Å². The van der Waals surface area contributed by atoms with Crippen molar-refractivity contribution in [3.8, 4) is 11.3 Å². The Labute approximate surface area is 88.3 Å². The van der Waals surface area contributed by atoms with Crippen molar-refractivity contribution in [1.29, 1.82) is 0 Å². The highest BCUT2D eigenvalue weighted by Gasteiger charge is 2.07. The van der Waals surface area contributed by atoms with Crippen LogP contribution in [-0.2, 0) is 6.54 Å². The van der Waals surface area contributed by atoms with E-state index in [0.717, 1.165) is 17.8 Å². The number of rotatable bonds is 3. The Morgan fingerprint density at radius 2 is 2.27 bits per heavy atom. The first-order valence-corrected chi connectivity index (χ1v) is 4.98. The summed E-state index contributed by atoms with van der Waals surface area (Å²) in [5.41, 5.74) is 8.22. The van der Waals surface area contributed by atoms with Gasteiger partial charge in [0.1, 0.15) is 0 Å². The van der Waals surface area contributed by atoms with Crippen molar-refractivity contribution in [1.82, 2.24) is 20.0 Å². The largest absolute Gasteiger partial charge is 0.396 e. The van der Waals surface area contributed by atoms with Crippen molar-refractivity contribution in [2.24, 2.45) is 5.92 Å². The third-order valence-corrected chi connectivity index (χ3v) is 2.14. The van der Waals surface area contributed by atoms with Gasteiger partial charge in [0.25, 0.3) is 0 Å². The minimum Gasteiger partial charge on any atom is -0.396 e. The first kappa shape index (κ1) is 9.76. The Morgan fingerprint density at radius 3 is 2.87 bits per heavy atom. The quantitative estimate of drug-likeness (QED) is 0.797. The number of nitrogens with two attached hydrogens (primary N) is 1. The maximum atomic E-state index is 5.75. The molecule has 0 aliphatic carbocycles. The average molecular weight is 205 g/mol. The van der Waals surface area contributed by atoms with Crippen LogP contribution in [-0.4, -0.2) is 20.0 Å². The lowest BCUT2D eigenvalue weighted by atomic mass is 10.2. The molecule has 0 atom stereocenters. The molecule has 2 rings (SSSR count). The van der Waals surface area contributed by atoms with Crippen LogP contribution in [0.5, 0.6) is 0 Å². The van der Waals surface area contributed by atoms with Crippen LogP contribution in [0.2, 0.25) is 0 Å². The van der Waals surface area contributed by atoms with Gasteiger partial charge in [-0.2, -0.15) is 10.2 Å². The predicted molar refractivity (Wildman–Crippen MR) is 59.1 cm³/mol. The average Bonchev–Trinajstić information content (AvgIpc) is 2.72. The number of nitrogens with one attached hydrogen (secondary N) is 1. The van der Waals surface area contributed by atoms with Crippen LogP contribution in [0.25, 0.3) is 11.3 Å². The van der Waals surface area contributed by atoms with Crippen molar-refractivity contribution in [3.05, 3.63) is 18.6 Å². The third kappa shape index (κ3) is 2.01. The molecule has 15 heavy (non-hydrogen) atoms. The number of H-pyrrole nitrogens is 1. The molecule has 0 bridgehead atoms. The van der Waals surface area contributed by atoms with E-state index in [0.29, 0.717) is 11.6 Å². The molecule has 2 aromatic heterocycles. The zero-order chi connectivity index (χ0) is 10.8. The molecule has 80 valence electrons. The number of aromatic amines is 1. The molecule has 0 aromatic carbocycles. The van der Waals surface area contributed by atoms with E-state index in [9.17, 15) is 0 Å². The summed E-state index contributed by atoms with van der Waals surface area (Å²) < 4.78 is 1.92. The predicted octanol–water partition coefficient (Wildman–Crippen LogP) is 1.51. The number of aromatic nitrogens is 4. The molecule has 0 fully saturated rings. The monoisotopic (exact) mass is 205 g/mol. The van der Waals surface area contributed by atoms with Gasteiger partial charge in [-0.3, -0.25) is 9.78 Å². The topological polar surface area (TPSA) is 72.5 Å². The fourth-order valence-electron chi connectivity index (χ4n) is 1.49. The number of nitrogens with zero attached hydrogens (tertiary/aromatic N) is 3. The Balaban J connectivity index is 2.24. The SMILES string of the molecule is CC(C)Cn1cc(-c2[nH]ncc2N)cn1. The van der Waals surface area contributed by atoms with Gasteiger partial charge in [0.05, 0.1) is 23.8 Å². The highest BCUT2D eigenvalue weighted by molar-refractivity contribution is 5.70. The standard InChI is InChI=1S/C10H15N5/c1-7(2)5-15-6-8(3-13-15)10-9(11)4-12-14-10/h3-4,6-7H,5,11H2,1-2H3,(H,12,14). The van der Waals surface area contributed by atoms with Crippen LogP contribution in [0.4, 0.5) is 5.69 Å². The third-order valence-electron chi connectivity index (χ3n) is 2.14. The molecular weight excluding hydrogens is 190 g/mol. The lowest BCUT2D eigenvalue weighted by Crippen LogP contribution is -2.04. The molecular formula is C10H15N5. The molecule has 0 aliphatic heterocycles. The molecule has 0 aliphatic rings. The number of nitrogen functional groups attached to an aromatic ring is 1. The Hall–Kier alpha value is -1.78.